The molecule has 0 aliphatic carbocycles. The first-order valence-corrected chi connectivity index (χ1v) is 9.73. The number of hydrogen-bond acceptors (Lipinski definition) is 5. The second-order valence-corrected chi connectivity index (χ2v) is 7.08. The molecule has 31 heavy (non-hydrogen) atoms. The van der Waals surface area contributed by atoms with Gasteiger partial charge in [0, 0.05) is 12.0 Å². The van der Waals surface area contributed by atoms with Gasteiger partial charge in [0.05, 0.1) is 24.2 Å². The zero-order valence-corrected chi connectivity index (χ0v) is 17.5. The third-order valence-corrected chi connectivity index (χ3v) is 5.03. The van der Waals surface area contributed by atoms with Crippen molar-refractivity contribution in [2.24, 2.45) is 0 Å². The van der Waals surface area contributed by atoms with E-state index >= 15 is 0 Å². The van der Waals surface area contributed by atoms with Crippen LogP contribution >= 0.6 is 11.6 Å². The van der Waals surface area contributed by atoms with E-state index in [4.69, 9.17) is 16.3 Å². The Labute approximate surface area is 182 Å². The lowest BCUT2D eigenvalue weighted by atomic mass is 10.2. The molecule has 162 valence electrons. The molecule has 2 aromatic carbocycles. The van der Waals surface area contributed by atoms with Gasteiger partial charge >= 0.3 is 0 Å². The molecule has 0 aromatic heterocycles. The van der Waals surface area contributed by atoms with Crippen molar-refractivity contribution in [1.82, 2.24) is 10.4 Å². The van der Waals surface area contributed by atoms with Crippen molar-refractivity contribution in [2.75, 3.05) is 12.0 Å². The number of benzene rings is 2. The van der Waals surface area contributed by atoms with Crippen LogP contribution in [-0.2, 0) is 14.4 Å². The van der Waals surface area contributed by atoms with E-state index in [0.29, 0.717) is 5.75 Å². The highest BCUT2D eigenvalue weighted by atomic mass is 35.5. The molecule has 1 atom stereocenters. The van der Waals surface area contributed by atoms with Gasteiger partial charge in [0.15, 0.2) is 0 Å². The summed E-state index contributed by atoms with van der Waals surface area (Å²) in [5, 5.41) is 0.619. The van der Waals surface area contributed by atoms with Crippen molar-refractivity contribution in [2.45, 2.75) is 25.8 Å². The molecular weight excluding hydrogens is 429 g/mol. The largest absolute Gasteiger partial charge is 0.497 e. The number of nitrogens with one attached hydrogen (secondary N) is 1. The minimum absolute atomic E-state index is 0.0107. The predicted octanol–water partition coefficient (Wildman–Crippen LogP) is 2.70. The van der Waals surface area contributed by atoms with Crippen LogP contribution in [0, 0.1) is 5.82 Å². The summed E-state index contributed by atoms with van der Waals surface area (Å²) in [5.41, 5.74) is 2.73. The first kappa shape index (κ1) is 22.2. The second-order valence-electron chi connectivity index (χ2n) is 6.67. The minimum atomic E-state index is -1.24. The van der Waals surface area contributed by atoms with Gasteiger partial charge < -0.3 is 4.74 Å². The number of hydrogen-bond donors (Lipinski definition) is 1. The summed E-state index contributed by atoms with van der Waals surface area (Å²) >= 11 is 5.76. The summed E-state index contributed by atoms with van der Waals surface area (Å²) in [6, 6.07) is 8.32. The number of carbonyl (C=O) groups is 4. The Bertz CT molecular complexity index is 1040. The van der Waals surface area contributed by atoms with Crippen LogP contribution in [0.25, 0.3) is 0 Å². The SMILES string of the molecule is CCC(=O)N(NC(=O)c1ccc(OC)cc1)C1CC(=O)N(c2ccc(F)c(Cl)c2)C1=O. The number of amides is 4. The van der Waals surface area contributed by atoms with Crippen LogP contribution in [0.4, 0.5) is 10.1 Å². The van der Waals surface area contributed by atoms with E-state index in [9.17, 15) is 23.6 Å². The van der Waals surface area contributed by atoms with E-state index in [1.165, 1.54) is 25.3 Å². The van der Waals surface area contributed by atoms with E-state index < -0.39 is 35.5 Å². The molecule has 0 saturated carbocycles. The molecule has 3 rings (SSSR count). The van der Waals surface area contributed by atoms with Gasteiger partial charge in [0.2, 0.25) is 11.8 Å². The topological polar surface area (TPSA) is 96.0 Å². The van der Waals surface area contributed by atoms with Gasteiger partial charge in [-0.3, -0.25) is 24.6 Å². The highest BCUT2D eigenvalue weighted by Gasteiger charge is 2.45. The molecule has 1 unspecified atom stereocenters. The first-order chi connectivity index (χ1) is 14.8. The lowest BCUT2D eigenvalue weighted by molar-refractivity contribution is -0.140. The van der Waals surface area contributed by atoms with E-state index in [-0.39, 0.29) is 29.1 Å². The molecular formula is C21H19ClFN3O5. The fourth-order valence-corrected chi connectivity index (χ4v) is 3.29. The Morgan fingerprint density at radius 2 is 1.90 bits per heavy atom. The number of rotatable bonds is 5. The number of nitrogens with zero attached hydrogens (tertiary/aromatic N) is 2. The van der Waals surface area contributed by atoms with E-state index in [2.05, 4.69) is 5.43 Å². The lowest BCUT2D eigenvalue weighted by Gasteiger charge is -2.27. The van der Waals surface area contributed by atoms with Crippen LogP contribution < -0.4 is 15.1 Å². The predicted molar refractivity (Wildman–Crippen MR) is 110 cm³/mol. The molecule has 1 N–H and O–H groups in total. The number of halogens is 2. The van der Waals surface area contributed by atoms with Crippen LogP contribution in [-0.4, -0.2) is 41.8 Å². The van der Waals surface area contributed by atoms with Crippen LogP contribution in [0.1, 0.15) is 30.1 Å². The van der Waals surface area contributed by atoms with Crippen LogP contribution in [0.2, 0.25) is 5.02 Å². The Hall–Kier alpha value is -3.46. The van der Waals surface area contributed by atoms with E-state index in [0.717, 1.165) is 22.0 Å². The van der Waals surface area contributed by atoms with Crippen molar-refractivity contribution in [3.63, 3.8) is 0 Å². The third-order valence-electron chi connectivity index (χ3n) is 4.74. The van der Waals surface area contributed by atoms with Crippen molar-refractivity contribution >= 4 is 40.9 Å². The highest BCUT2D eigenvalue weighted by molar-refractivity contribution is 6.31. The van der Waals surface area contributed by atoms with Crippen LogP contribution in [0.5, 0.6) is 5.75 Å². The smallest absolute Gasteiger partial charge is 0.269 e. The molecule has 1 aliphatic rings. The van der Waals surface area contributed by atoms with Gasteiger partial charge in [-0.15, -0.1) is 0 Å². The molecule has 2 aromatic rings. The molecule has 1 heterocycles. The number of hydrazine groups is 1. The standard InChI is InChI=1S/C21H19ClFN3O5/c1-3-18(27)26(24-20(29)12-4-7-14(31-2)8-5-12)17-11-19(28)25(21(17)30)13-6-9-16(23)15(22)10-13/h4-10,17H,3,11H2,1-2H3,(H,24,29). The van der Waals surface area contributed by atoms with Gasteiger partial charge in [-0.2, -0.15) is 0 Å². The maximum Gasteiger partial charge on any atom is 0.269 e. The Morgan fingerprint density at radius 1 is 1.23 bits per heavy atom. The number of imide groups is 1. The zero-order valence-electron chi connectivity index (χ0n) is 16.7. The first-order valence-electron chi connectivity index (χ1n) is 9.35. The number of carbonyl (C=O) groups excluding carboxylic acids is 4. The minimum Gasteiger partial charge on any atom is -0.497 e. The Morgan fingerprint density at radius 3 is 2.48 bits per heavy atom. The summed E-state index contributed by atoms with van der Waals surface area (Å²) in [7, 11) is 1.49. The Balaban J connectivity index is 1.85. The summed E-state index contributed by atoms with van der Waals surface area (Å²) in [6.07, 6.45) is -0.355. The van der Waals surface area contributed by atoms with Crippen molar-refractivity contribution in [3.8, 4) is 5.75 Å². The third kappa shape index (κ3) is 4.51. The van der Waals surface area contributed by atoms with Gasteiger partial charge in [0.25, 0.3) is 11.8 Å². The molecule has 8 nitrogen and oxygen atoms in total. The van der Waals surface area contributed by atoms with Crippen LogP contribution in [0.15, 0.2) is 42.5 Å². The molecule has 1 saturated heterocycles. The number of anilines is 1. The molecule has 0 spiro atoms. The normalized spacial score (nSPS) is 15.7. The van der Waals surface area contributed by atoms with Gasteiger partial charge in [-0.25, -0.2) is 14.3 Å². The fraction of sp³-hybridized carbons (Fsp3) is 0.238. The van der Waals surface area contributed by atoms with Gasteiger partial charge in [0.1, 0.15) is 17.6 Å². The number of ether oxygens (including phenoxy) is 1. The lowest BCUT2D eigenvalue weighted by Crippen LogP contribution is -2.54. The van der Waals surface area contributed by atoms with Gasteiger partial charge in [-0.1, -0.05) is 18.5 Å². The molecule has 10 heteroatoms. The highest BCUT2D eigenvalue weighted by Crippen LogP contribution is 2.29. The molecule has 4 amide bonds. The zero-order chi connectivity index (χ0) is 22.7. The number of methoxy groups -OCH3 is 1. The summed E-state index contributed by atoms with van der Waals surface area (Å²) < 4.78 is 18.5. The molecule has 0 radical (unpaired) electrons. The fourth-order valence-electron chi connectivity index (χ4n) is 3.11. The average Bonchev–Trinajstić information content (AvgIpc) is 3.07. The van der Waals surface area contributed by atoms with Crippen LogP contribution in [0.3, 0.4) is 0 Å². The molecule has 0 bridgehead atoms. The molecule has 1 aliphatic heterocycles. The summed E-state index contributed by atoms with van der Waals surface area (Å²) in [4.78, 5) is 51.5. The second kappa shape index (κ2) is 9.13. The maximum absolute atomic E-state index is 13.5. The average molecular weight is 448 g/mol. The van der Waals surface area contributed by atoms with Crippen molar-refractivity contribution < 1.29 is 28.3 Å². The molecule has 1 fully saturated rings. The van der Waals surface area contributed by atoms with Crippen molar-refractivity contribution in [1.29, 1.82) is 0 Å². The Kier molecular flexibility index (Phi) is 6.55. The summed E-state index contributed by atoms with van der Waals surface area (Å²) in [6.45, 7) is 1.56. The van der Waals surface area contributed by atoms with Gasteiger partial charge in [-0.05, 0) is 42.5 Å². The van der Waals surface area contributed by atoms with E-state index in [1.54, 1.807) is 19.1 Å². The van der Waals surface area contributed by atoms with Crippen molar-refractivity contribution in [3.05, 3.63) is 58.9 Å². The quantitative estimate of drug-likeness (QED) is 0.561. The maximum atomic E-state index is 13.5. The summed E-state index contributed by atoms with van der Waals surface area (Å²) in [5.74, 6) is -2.67. The monoisotopic (exact) mass is 447 g/mol. The van der Waals surface area contributed by atoms with E-state index in [1.807, 2.05) is 0 Å².